The quantitative estimate of drug-likeness (QED) is 0.0793. The minimum Gasteiger partial charge on any atom is -0.423 e. The number of nitrogens with two attached hydrogens (primary N) is 1. The third kappa shape index (κ3) is 6.39. The van der Waals surface area contributed by atoms with Crippen molar-refractivity contribution in [2.24, 2.45) is 0 Å². The second kappa shape index (κ2) is 13.6. The molecule has 17 nitrogen and oxygen atoms in total. The smallest absolute Gasteiger partial charge is 0.423 e. The third-order valence-electron chi connectivity index (χ3n) is 8.62. The van der Waals surface area contributed by atoms with Crippen LogP contribution in [0.4, 0.5) is 11.4 Å². The van der Waals surface area contributed by atoms with E-state index in [1.54, 1.807) is 71.5 Å². The molecule has 0 saturated carbocycles. The Labute approximate surface area is 299 Å². The van der Waals surface area contributed by atoms with E-state index in [9.17, 15) is 24.9 Å². The first-order valence-electron chi connectivity index (χ1n) is 16.0. The highest BCUT2D eigenvalue weighted by Gasteiger charge is 2.20. The summed E-state index contributed by atoms with van der Waals surface area (Å²) in [6.45, 7) is 0. The Bertz CT molecular complexity index is 2650. The number of fused-ring (bicyclic) bond motifs is 2. The molecule has 4 heterocycles. The fraction of sp³-hybridized carbons (Fsp3) is 0. The number of carbonyl (C=O) groups is 1. The topological polar surface area (TPSA) is 248 Å². The Balaban J connectivity index is 1.06. The number of aromatic nitrogens is 9. The highest BCUT2D eigenvalue weighted by molar-refractivity contribution is 6.59. The molecular weight excluding hydrogens is 678 g/mol. The highest BCUT2D eigenvalue weighted by Crippen LogP contribution is 2.31. The SMILES string of the molecule is Nc1cnnc2cc(-c3cc(B(O)O)ccc3-n3ccc(C(=O)NNc4cnnc5cc(-c6cc(B(O)O)ccc6-n6cncn6)ccc45)n3)ccc12. The Morgan fingerprint density at radius 1 is 0.717 bits per heavy atom. The van der Waals surface area contributed by atoms with Gasteiger partial charge in [0.1, 0.15) is 12.7 Å². The van der Waals surface area contributed by atoms with E-state index in [-0.39, 0.29) is 11.2 Å². The third-order valence-corrected chi connectivity index (χ3v) is 8.62. The van der Waals surface area contributed by atoms with Crippen LogP contribution in [0.5, 0.6) is 0 Å². The Hall–Kier alpha value is -7.05. The largest absolute Gasteiger partial charge is 0.488 e. The zero-order valence-corrected chi connectivity index (χ0v) is 27.3. The number of benzene rings is 4. The van der Waals surface area contributed by atoms with Crippen LogP contribution in [0.15, 0.2) is 110 Å². The zero-order valence-electron chi connectivity index (χ0n) is 27.3. The van der Waals surface area contributed by atoms with E-state index in [1.807, 2.05) is 18.2 Å². The van der Waals surface area contributed by atoms with Crippen LogP contribution >= 0.6 is 0 Å². The van der Waals surface area contributed by atoms with E-state index in [2.05, 4.69) is 46.4 Å². The number of nitrogen functional groups attached to an aromatic ring is 1. The van der Waals surface area contributed by atoms with Crippen LogP contribution in [0, 0.1) is 0 Å². The number of hydrazine groups is 1. The number of nitrogens with one attached hydrogen (secondary N) is 2. The van der Waals surface area contributed by atoms with Gasteiger partial charge in [0.05, 0.1) is 46.2 Å². The van der Waals surface area contributed by atoms with Crippen molar-refractivity contribution in [3.05, 3.63) is 116 Å². The maximum absolute atomic E-state index is 13.3. The number of carbonyl (C=O) groups excluding carboxylic acids is 1. The first kappa shape index (κ1) is 33.1. The van der Waals surface area contributed by atoms with Crippen LogP contribution in [0.3, 0.4) is 0 Å². The molecule has 8 N–H and O–H groups in total. The summed E-state index contributed by atoms with van der Waals surface area (Å²) in [4.78, 5) is 17.3. The van der Waals surface area contributed by atoms with Crippen molar-refractivity contribution < 1.29 is 24.9 Å². The lowest BCUT2D eigenvalue weighted by molar-refractivity contribution is 0.0957. The molecule has 4 aromatic carbocycles. The van der Waals surface area contributed by atoms with Crippen molar-refractivity contribution in [1.82, 2.24) is 50.4 Å². The van der Waals surface area contributed by atoms with Crippen LogP contribution in [-0.2, 0) is 0 Å². The molecule has 8 aromatic rings. The maximum atomic E-state index is 13.3. The molecule has 0 aliphatic rings. The molecule has 0 bridgehead atoms. The first-order chi connectivity index (χ1) is 25.7. The molecule has 19 heteroatoms. The summed E-state index contributed by atoms with van der Waals surface area (Å²) in [7, 11) is -3.38. The summed E-state index contributed by atoms with van der Waals surface area (Å²) >= 11 is 0. The van der Waals surface area contributed by atoms with Crippen molar-refractivity contribution >= 4 is 64.3 Å². The molecular formula is C34H26B2N12O5. The van der Waals surface area contributed by atoms with Crippen LogP contribution in [0.25, 0.3) is 55.4 Å². The van der Waals surface area contributed by atoms with Gasteiger partial charge in [-0.1, -0.05) is 36.4 Å². The summed E-state index contributed by atoms with van der Waals surface area (Å²) in [5.41, 5.74) is 18.1. The summed E-state index contributed by atoms with van der Waals surface area (Å²) in [6, 6.07) is 22.2. The van der Waals surface area contributed by atoms with Gasteiger partial charge in [-0.05, 0) is 64.5 Å². The second-order valence-electron chi connectivity index (χ2n) is 11.9. The average molecular weight is 704 g/mol. The molecule has 0 aliphatic heterocycles. The first-order valence-corrected chi connectivity index (χ1v) is 16.0. The molecule has 0 spiro atoms. The lowest BCUT2D eigenvalue weighted by Crippen LogP contribution is -2.30. The van der Waals surface area contributed by atoms with Crippen molar-refractivity contribution in [1.29, 1.82) is 0 Å². The molecule has 0 aliphatic carbocycles. The molecule has 258 valence electrons. The molecule has 4 aromatic heterocycles. The highest BCUT2D eigenvalue weighted by atomic mass is 16.4. The average Bonchev–Trinajstić information content (AvgIpc) is 3.90. The van der Waals surface area contributed by atoms with Crippen molar-refractivity contribution in [2.75, 3.05) is 11.2 Å². The number of hydrogen-bond acceptors (Lipinski definition) is 14. The Kier molecular flexibility index (Phi) is 8.49. The lowest BCUT2D eigenvalue weighted by Gasteiger charge is -2.14. The summed E-state index contributed by atoms with van der Waals surface area (Å²) in [5, 5.41) is 66.0. The van der Waals surface area contributed by atoms with E-state index < -0.39 is 20.1 Å². The molecule has 0 saturated heterocycles. The van der Waals surface area contributed by atoms with Crippen LogP contribution in [0.1, 0.15) is 10.5 Å². The number of amides is 1. The van der Waals surface area contributed by atoms with Gasteiger partial charge in [0.2, 0.25) is 0 Å². The standard InChI is InChI=1S/C34H26B2N12O5/c37-27-15-39-42-29-11-19(1-5-23(27)29)25-13-21(35(50)51)3-7-32(25)47-10-9-28(46-47)34(49)45-44-31-16-40-43-30-12-20(2-6-24(30)31)26-14-22(36(52)53)4-8-33(26)48-18-38-17-41-48/h1-18,50-53H,(H2,37,42)(H,43,44)(H,45,49). The summed E-state index contributed by atoms with van der Waals surface area (Å²) < 4.78 is 3.08. The monoisotopic (exact) mass is 704 g/mol. The minimum absolute atomic E-state index is 0.0899. The molecule has 8 rings (SSSR count). The van der Waals surface area contributed by atoms with Gasteiger partial charge in [-0.2, -0.15) is 30.6 Å². The summed E-state index contributed by atoms with van der Waals surface area (Å²) in [5.74, 6) is -0.539. The van der Waals surface area contributed by atoms with Gasteiger partial charge >= 0.3 is 14.2 Å². The van der Waals surface area contributed by atoms with Crippen LogP contribution in [0.2, 0.25) is 0 Å². The minimum atomic E-state index is -1.71. The predicted molar refractivity (Wildman–Crippen MR) is 197 cm³/mol. The molecule has 0 fully saturated rings. The molecule has 0 atom stereocenters. The fourth-order valence-electron chi connectivity index (χ4n) is 5.97. The Morgan fingerprint density at radius 2 is 1.34 bits per heavy atom. The van der Waals surface area contributed by atoms with Gasteiger partial charge in [-0.3, -0.25) is 15.6 Å². The van der Waals surface area contributed by atoms with E-state index in [0.29, 0.717) is 66.9 Å². The van der Waals surface area contributed by atoms with Gasteiger partial charge in [-0.25, -0.2) is 14.3 Å². The molecule has 0 radical (unpaired) electrons. The van der Waals surface area contributed by atoms with Gasteiger partial charge in [0, 0.05) is 28.1 Å². The van der Waals surface area contributed by atoms with Crippen LogP contribution in [-0.4, -0.2) is 85.2 Å². The number of anilines is 2. The van der Waals surface area contributed by atoms with Gasteiger partial charge < -0.3 is 25.8 Å². The van der Waals surface area contributed by atoms with Crippen molar-refractivity contribution in [2.45, 2.75) is 0 Å². The predicted octanol–water partition coefficient (Wildman–Crippen LogP) is 0.372. The molecule has 0 unspecified atom stereocenters. The second-order valence-corrected chi connectivity index (χ2v) is 11.9. The number of nitrogens with zero attached hydrogens (tertiary/aromatic N) is 9. The van der Waals surface area contributed by atoms with E-state index in [1.165, 1.54) is 29.7 Å². The normalized spacial score (nSPS) is 11.2. The Morgan fingerprint density at radius 3 is 1.98 bits per heavy atom. The van der Waals surface area contributed by atoms with Crippen molar-refractivity contribution in [3.8, 4) is 33.6 Å². The van der Waals surface area contributed by atoms with Crippen LogP contribution < -0.4 is 27.5 Å². The van der Waals surface area contributed by atoms with Gasteiger partial charge in [0.25, 0.3) is 5.91 Å². The summed E-state index contributed by atoms with van der Waals surface area (Å²) in [6.07, 6.45) is 7.49. The number of hydrogen-bond donors (Lipinski definition) is 7. The number of rotatable bonds is 9. The maximum Gasteiger partial charge on any atom is 0.488 e. The van der Waals surface area contributed by atoms with Crippen molar-refractivity contribution in [3.63, 3.8) is 0 Å². The fourth-order valence-corrected chi connectivity index (χ4v) is 5.97. The lowest BCUT2D eigenvalue weighted by atomic mass is 9.78. The van der Waals surface area contributed by atoms with Gasteiger partial charge in [0.15, 0.2) is 5.69 Å². The zero-order chi connectivity index (χ0) is 36.6. The van der Waals surface area contributed by atoms with E-state index >= 15 is 0 Å². The molecule has 1 amide bonds. The molecule has 53 heavy (non-hydrogen) atoms. The van der Waals surface area contributed by atoms with E-state index in [0.717, 1.165) is 5.39 Å². The van der Waals surface area contributed by atoms with E-state index in [4.69, 9.17) is 5.73 Å². The van der Waals surface area contributed by atoms with Gasteiger partial charge in [-0.15, -0.1) is 0 Å².